The summed E-state index contributed by atoms with van der Waals surface area (Å²) < 4.78 is 12.0. The van der Waals surface area contributed by atoms with Crippen LogP contribution in [0.1, 0.15) is 26.7 Å². The molecule has 0 fully saturated rings. The quantitative estimate of drug-likeness (QED) is 0.482. The molecule has 0 atom stereocenters. The molecule has 0 saturated heterocycles. The van der Waals surface area contributed by atoms with Crippen molar-refractivity contribution in [1.82, 2.24) is 0 Å². The van der Waals surface area contributed by atoms with Gasteiger partial charge in [-0.05, 0) is 24.5 Å². The molecule has 0 aromatic heterocycles. The van der Waals surface area contributed by atoms with E-state index in [9.17, 15) is 4.57 Å². The zero-order valence-electron chi connectivity index (χ0n) is 8.36. The van der Waals surface area contributed by atoms with Gasteiger partial charge in [-0.3, -0.25) is 0 Å². The van der Waals surface area contributed by atoms with Gasteiger partial charge in [0, 0.05) is 0 Å². The Balaban J connectivity index is 4.55. The first-order valence-electron chi connectivity index (χ1n) is 4.55. The largest absolute Gasteiger partial charge is 0.314 e. The molecule has 0 rings (SSSR count). The van der Waals surface area contributed by atoms with Gasteiger partial charge in [0.15, 0.2) is 0 Å². The number of hydrogen-bond donors (Lipinski definition) is 0. The highest BCUT2D eigenvalue weighted by Gasteiger charge is 2.11. The maximum absolute atomic E-state index is 12.0. The zero-order valence-corrected chi connectivity index (χ0v) is 9.26. The number of rotatable bonds is 5. The van der Waals surface area contributed by atoms with Crippen molar-refractivity contribution in [3.63, 3.8) is 0 Å². The Hall–Kier alpha value is -0.730. The monoisotopic (exact) mass is 196 g/mol. The highest BCUT2D eigenvalue weighted by atomic mass is 31.2. The summed E-state index contributed by atoms with van der Waals surface area (Å²) in [5.74, 6) is 5.99. The van der Waals surface area contributed by atoms with Gasteiger partial charge in [0.1, 0.15) is 7.14 Å². The molecule has 0 spiro atoms. The van der Waals surface area contributed by atoms with E-state index in [1.807, 2.05) is 26.0 Å². The summed E-state index contributed by atoms with van der Waals surface area (Å²) in [5.41, 5.74) is 0. The Bertz CT molecular complexity index is 250. The van der Waals surface area contributed by atoms with Crippen LogP contribution in [0.25, 0.3) is 0 Å². The second-order valence-electron chi connectivity index (χ2n) is 2.80. The fourth-order valence-electron chi connectivity index (χ4n) is 0.865. The number of allylic oxidation sites excluding steroid dienone is 2. The van der Waals surface area contributed by atoms with Crippen molar-refractivity contribution in [3.05, 3.63) is 23.8 Å². The van der Waals surface area contributed by atoms with Gasteiger partial charge >= 0.3 is 0 Å². The molecular formula is C11H17OP. The van der Waals surface area contributed by atoms with Crippen molar-refractivity contribution in [3.8, 4) is 12.3 Å². The molecule has 0 unspecified atom stereocenters. The molecule has 72 valence electrons. The minimum Gasteiger partial charge on any atom is -0.314 e. The van der Waals surface area contributed by atoms with Crippen LogP contribution in [0.2, 0.25) is 0 Å². The number of terminal acetylenes is 1. The Kier molecular flexibility index (Phi) is 6.37. The van der Waals surface area contributed by atoms with Gasteiger partial charge in [-0.2, -0.15) is 0 Å². The van der Waals surface area contributed by atoms with Crippen LogP contribution in [0.4, 0.5) is 0 Å². The van der Waals surface area contributed by atoms with Crippen LogP contribution < -0.4 is 0 Å². The van der Waals surface area contributed by atoms with Gasteiger partial charge in [0.05, 0.1) is 6.16 Å². The summed E-state index contributed by atoms with van der Waals surface area (Å²) in [6.45, 7) is 4.03. The lowest BCUT2D eigenvalue weighted by Gasteiger charge is -2.03. The van der Waals surface area contributed by atoms with Gasteiger partial charge in [0.25, 0.3) is 0 Å². The van der Waals surface area contributed by atoms with Crippen LogP contribution >= 0.6 is 7.14 Å². The van der Waals surface area contributed by atoms with E-state index in [0.29, 0.717) is 6.16 Å². The van der Waals surface area contributed by atoms with Crippen molar-refractivity contribution < 1.29 is 4.57 Å². The van der Waals surface area contributed by atoms with E-state index in [-0.39, 0.29) is 0 Å². The molecule has 0 aliphatic heterocycles. The van der Waals surface area contributed by atoms with Gasteiger partial charge in [0.2, 0.25) is 0 Å². The van der Waals surface area contributed by atoms with E-state index < -0.39 is 7.14 Å². The summed E-state index contributed by atoms with van der Waals surface area (Å²) in [6, 6.07) is 0. The predicted octanol–water partition coefficient (Wildman–Crippen LogP) is 3.83. The smallest absolute Gasteiger partial charge is 0.140 e. The minimum atomic E-state index is -2.35. The first kappa shape index (κ1) is 12.3. The standard InChI is InChI=1S/C11H17OP/c1-4-7-10-13(12,9-6-3)11-8-5-2/h3,7-8,10-11H,4-5,9H2,1-2H3. The topological polar surface area (TPSA) is 17.1 Å². The molecule has 0 saturated carbocycles. The third-order valence-electron chi connectivity index (χ3n) is 1.53. The summed E-state index contributed by atoms with van der Waals surface area (Å²) in [4.78, 5) is 0. The molecule has 0 aliphatic carbocycles. The average Bonchev–Trinajstić information content (AvgIpc) is 2.12. The molecule has 0 heterocycles. The van der Waals surface area contributed by atoms with Crippen molar-refractivity contribution in [2.24, 2.45) is 0 Å². The average molecular weight is 196 g/mol. The van der Waals surface area contributed by atoms with E-state index in [4.69, 9.17) is 6.42 Å². The predicted molar refractivity (Wildman–Crippen MR) is 60.2 cm³/mol. The molecule has 0 aromatic carbocycles. The van der Waals surface area contributed by atoms with E-state index in [2.05, 4.69) is 5.92 Å². The highest BCUT2D eigenvalue weighted by molar-refractivity contribution is 7.70. The van der Waals surface area contributed by atoms with Gasteiger partial charge in [-0.1, -0.05) is 31.9 Å². The molecule has 0 amide bonds. The first-order chi connectivity index (χ1) is 6.18. The molecule has 0 aromatic rings. The minimum absolute atomic E-state index is 0.333. The maximum Gasteiger partial charge on any atom is 0.140 e. The highest BCUT2D eigenvalue weighted by Crippen LogP contribution is 2.48. The molecule has 2 heteroatoms. The van der Waals surface area contributed by atoms with E-state index in [0.717, 1.165) is 12.8 Å². The van der Waals surface area contributed by atoms with Gasteiger partial charge in [-0.15, -0.1) is 6.42 Å². The summed E-state index contributed by atoms with van der Waals surface area (Å²) in [7, 11) is -2.35. The van der Waals surface area contributed by atoms with Crippen LogP contribution in [0.3, 0.4) is 0 Å². The Morgan fingerprint density at radius 2 is 1.69 bits per heavy atom. The second kappa shape index (κ2) is 6.75. The third-order valence-corrected chi connectivity index (χ3v) is 3.63. The SMILES string of the molecule is C#CCP(=O)(C=CCC)C=CCC. The normalized spacial score (nSPS) is 16.1. The summed E-state index contributed by atoms with van der Waals surface area (Å²) in [6.07, 6.45) is 11.1. The molecular weight excluding hydrogens is 179 g/mol. The Morgan fingerprint density at radius 1 is 1.23 bits per heavy atom. The lowest BCUT2D eigenvalue weighted by atomic mass is 10.5. The van der Waals surface area contributed by atoms with Gasteiger partial charge < -0.3 is 4.57 Å². The van der Waals surface area contributed by atoms with Crippen LogP contribution in [0.15, 0.2) is 23.8 Å². The maximum atomic E-state index is 12.0. The molecule has 0 bridgehead atoms. The van der Waals surface area contributed by atoms with Crippen molar-refractivity contribution >= 4 is 7.14 Å². The van der Waals surface area contributed by atoms with Crippen molar-refractivity contribution in [2.45, 2.75) is 26.7 Å². The Morgan fingerprint density at radius 3 is 2.00 bits per heavy atom. The van der Waals surface area contributed by atoms with Crippen LogP contribution in [0, 0.1) is 12.3 Å². The van der Waals surface area contributed by atoms with E-state index >= 15 is 0 Å². The van der Waals surface area contributed by atoms with Gasteiger partial charge in [-0.25, -0.2) is 0 Å². The zero-order chi connectivity index (χ0) is 10.2. The molecule has 0 aliphatic rings. The van der Waals surface area contributed by atoms with E-state index in [1.165, 1.54) is 0 Å². The summed E-state index contributed by atoms with van der Waals surface area (Å²) in [5, 5.41) is 0. The fraction of sp³-hybridized carbons (Fsp3) is 0.455. The lowest BCUT2D eigenvalue weighted by Crippen LogP contribution is -1.78. The third kappa shape index (κ3) is 5.50. The van der Waals surface area contributed by atoms with Crippen molar-refractivity contribution in [1.29, 1.82) is 0 Å². The van der Waals surface area contributed by atoms with Crippen LogP contribution in [0.5, 0.6) is 0 Å². The fourth-order valence-corrected chi connectivity index (χ4v) is 2.60. The molecule has 0 N–H and O–H groups in total. The summed E-state index contributed by atoms with van der Waals surface area (Å²) >= 11 is 0. The second-order valence-corrected chi connectivity index (χ2v) is 5.42. The van der Waals surface area contributed by atoms with Crippen molar-refractivity contribution in [2.75, 3.05) is 6.16 Å². The molecule has 1 nitrogen and oxygen atoms in total. The molecule has 0 radical (unpaired) electrons. The van der Waals surface area contributed by atoms with Crippen LogP contribution in [-0.4, -0.2) is 6.16 Å². The van der Waals surface area contributed by atoms with E-state index in [1.54, 1.807) is 11.6 Å². The number of hydrogen-bond acceptors (Lipinski definition) is 1. The first-order valence-corrected chi connectivity index (χ1v) is 6.59. The molecule has 13 heavy (non-hydrogen) atoms. The van der Waals surface area contributed by atoms with Crippen LogP contribution in [-0.2, 0) is 4.57 Å². The lowest BCUT2D eigenvalue weighted by molar-refractivity contribution is 0.588. The Labute approximate surface area is 81.3 Å².